The smallest absolute Gasteiger partial charge is 0.153 e. The monoisotopic (exact) mass is 351 g/mol. The lowest BCUT2D eigenvalue weighted by atomic mass is 9.85. The highest BCUT2D eigenvalue weighted by atomic mass is 16.3. The summed E-state index contributed by atoms with van der Waals surface area (Å²) in [6.45, 7) is 0. The van der Waals surface area contributed by atoms with E-state index in [1.54, 1.807) is 6.26 Å². The van der Waals surface area contributed by atoms with Crippen LogP contribution in [0.2, 0.25) is 0 Å². The van der Waals surface area contributed by atoms with Gasteiger partial charge >= 0.3 is 0 Å². The molecule has 0 radical (unpaired) electrons. The van der Waals surface area contributed by atoms with Gasteiger partial charge in [0.2, 0.25) is 0 Å². The molecule has 0 saturated heterocycles. The Morgan fingerprint density at radius 1 is 1.04 bits per heavy atom. The van der Waals surface area contributed by atoms with E-state index in [9.17, 15) is 0 Å². The van der Waals surface area contributed by atoms with Crippen molar-refractivity contribution in [3.8, 4) is 0 Å². The lowest BCUT2D eigenvalue weighted by molar-refractivity contribution is 0.292. The summed E-state index contributed by atoms with van der Waals surface area (Å²) in [5.74, 6) is 1.60. The fourth-order valence-electron chi connectivity index (χ4n) is 3.98. The Balaban J connectivity index is 1.63. The van der Waals surface area contributed by atoms with Crippen molar-refractivity contribution in [3.63, 3.8) is 0 Å². The Hall–Kier alpha value is -2.47. The van der Waals surface area contributed by atoms with Crippen LogP contribution in [0.3, 0.4) is 0 Å². The highest BCUT2D eigenvalue weighted by Gasteiger charge is 2.34. The lowest BCUT2D eigenvalue weighted by Gasteiger charge is -2.29. The third-order valence-corrected chi connectivity index (χ3v) is 5.33. The summed E-state index contributed by atoms with van der Waals surface area (Å²) in [6, 6.07) is 14.5. The van der Waals surface area contributed by atoms with E-state index in [2.05, 4.69) is 27.7 Å². The van der Waals surface area contributed by atoms with E-state index in [4.69, 9.17) is 10.2 Å². The zero-order valence-corrected chi connectivity index (χ0v) is 14.9. The first-order valence-electron chi connectivity index (χ1n) is 9.38. The summed E-state index contributed by atoms with van der Waals surface area (Å²) in [7, 11) is 0. The Morgan fingerprint density at radius 3 is 2.58 bits per heavy atom. The standard InChI is InChI=1S/C20H25N5O/c21-20(18-12-7-13-26-18,14-16-8-3-1-4-9-16)15-19-22-23-24-25(19)17-10-5-2-6-11-17/h1,3-4,7-9,12-13,17H,2,5-6,10-11,14-15,21H2. The van der Waals surface area contributed by atoms with Crippen LogP contribution < -0.4 is 5.73 Å². The predicted molar refractivity (Wildman–Crippen MR) is 98.4 cm³/mol. The number of nitrogens with zero attached hydrogens (tertiary/aromatic N) is 4. The van der Waals surface area contributed by atoms with E-state index < -0.39 is 5.54 Å². The molecule has 0 spiro atoms. The number of hydrogen-bond donors (Lipinski definition) is 1. The normalized spacial score (nSPS) is 17.9. The molecule has 1 unspecified atom stereocenters. The van der Waals surface area contributed by atoms with Crippen LogP contribution in [0.15, 0.2) is 53.1 Å². The second kappa shape index (κ2) is 7.41. The van der Waals surface area contributed by atoms with Crippen molar-refractivity contribution < 1.29 is 4.42 Å². The number of nitrogens with two attached hydrogens (primary N) is 1. The van der Waals surface area contributed by atoms with Crippen LogP contribution in [-0.4, -0.2) is 20.2 Å². The second-order valence-electron chi connectivity index (χ2n) is 7.30. The van der Waals surface area contributed by atoms with Crippen LogP contribution in [0.4, 0.5) is 0 Å². The fourth-order valence-corrected chi connectivity index (χ4v) is 3.98. The van der Waals surface area contributed by atoms with Gasteiger partial charge < -0.3 is 10.2 Å². The molecule has 4 rings (SSSR count). The van der Waals surface area contributed by atoms with Gasteiger partial charge in [-0.1, -0.05) is 49.6 Å². The van der Waals surface area contributed by atoms with Crippen molar-refractivity contribution in [1.29, 1.82) is 0 Å². The van der Waals surface area contributed by atoms with Crippen LogP contribution in [0, 0.1) is 0 Å². The molecule has 1 aliphatic carbocycles. The SMILES string of the molecule is NC(Cc1ccccc1)(Cc1nnnn1C1CCCCC1)c1ccco1. The molecule has 2 heterocycles. The number of furan rings is 1. The number of benzene rings is 1. The molecule has 3 aromatic rings. The van der Waals surface area contributed by atoms with Crippen LogP contribution in [0.25, 0.3) is 0 Å². The molecule has 26 heavy (non-hydrogen) atoms. The van der Waals surface area contributed by atoms with Gasteiger partial charge in [0.1, 0.15) is 5.76 Å². The first-order valence-corrected chi connectivity index (χ1v) is 9.38. The summed E-state index contributed by atoms with van der Waals surface area (Å²) in [4.78, 5) is 0. The summed E-state index contributed by atoms with van der Waals surface area (Å²) < 4.78 is 7.70. The van der Waals surface area contributed by atoms with Gasteiger partial charge in [-0.3, -0.25) is 0 Å². The zero-order valence-electron chi connectivity index (χ0n) is 14.9. The minimum Gasteiger partial charge on any atom is -0.467 e. The number of hydrogen-bond acceptors (Lipinski definition) is 5. The average molecular weight is 351 g/mol. The van der Waals surface area contributed by atoms with Gasteiger partial charge in [-0.15, -0.1) is 5.10 Å². The fraction of sp³-hybridized carbons (Fsp3) is 0.450. The van der Waals surface area contributed by atoms with Crippen LogP contribution >= 0.6 is 0 Å². The highest BCUT2D eigenvalue weighted by Crippen LogP contribution is 2.31. The molecular weight excluding hydrogens is 326 g/mol. The minimum absolute atomic E-state index is 0.381. The van der Waals surface area contributed by atoms with E-state index in [0.29, 0.717) is 18.9 Å². The molecule has 1 aromatic carbocycles. The van der Waals surface area contributed by atoms with E-state index >= 15 is 0 Å². The van der Waals surface area contributed by atoms with Gasteiger partial charge in [0, 0.05) is 6.42 Å². The van der Waals surface area contributed by atoms with Crippen molar-refractivity contribution >= 4 is 0 Å². The van der Waals surface area contributed by atoms with Crippen molar-refractivity contribution in [2.24, 2.45) is 5.73 Å². The molecule has 1 saturated carbocycles. The minimum atomic E-state index is -0.689. The highest BCUT2D eigenvalue weighted by molar-refractivity contribution is 5.23. The molecule has 1 fully saturated rings. The molecule has 2 N–H and O–H groups in total. The second-order valence-corrected chi connectivity index (χ2v) is 7.30. The van der Waals surface area contributed by atoms with Gasteiger partial charge in [-0.25, -0.2) is 4.68 Å². The molecule has 1 aliphatic rings. The van der Waals surface area contributed by atoms with Gasteiger partial charge in [-0.05, 0) is 47.4 Å². The van der Waals surface area contributed by atoms with Crippen molar-refractivity contribution in [2.45, 2.75) is 56.5 Å². The van der Waals surface area contributed by atoms with Gasteiger partial charge in [0.15, 0.2) is 5.82 Å². The maximum atomic E-state index is 6.88. The third-order valence-electron chi connectivity index (χ3n) is 5.33. The molecule has 6 nitrogen and oxygen atoms in total. The predicted octanol–water partition coefficient (Wildman–Crippen LogP) is 3.41. The van der Waals surface area contributed by atoms with Crippen molar-refractivity contribution in [2.75, 3.05) is 0 Å². The first-order chi connectivity index (χ1) is 12.7. The van der Waals surface area contributed by atoms with E-state index in [0.717, 1.165) is 24.4 Å². The van der Waals surface area contributed by atoms with Crippen LogP contribution in [-0.2, 0) is 18.4 Å². The maximum absolute atomic E-state index is 6.88. The molecule has 0 amide bonds. The van der Waals surface area contributed by atoms with Gasteiger partial charge in [0.05, 0.1) is 17.8 Å². The molecule has 6 heteroatoms. The summed E-state index contributed by atoms with van der Waals surface area (Å²) in [5.41, 5.74) is 7.36. The quantitative estimate of drug-likeness (QED) is 0.736. The first kappa shape index (κ1) is 17.0. The Labute approximate surface area is 153 Å². The van der Waals surface area contributed by atoms with E-state index in [-0.39, 0.29) is 0 Å². The lowest BCUT2D eigenvalue weighted by Crippen LogP contribution is -2.42. The Morgan fingerprint density at radius 2 is 1.85 bits per heavy atom. The molecule has 0 aliphatic heterocycles. The topological polar surface area (TPSA) is 82.8 Å². The van der Waals surface area contributed by atoms with Crippen molar-refractivity contribution in [3.05, 3.63) is 65.9 Å². The van der Waals surface area contributed by atoms with Gasteiger partial charge in [-0.2, -0.15) is 0 Å². The van der Waals surface area contributed by atoms with Crippen LogP contribution in [0.1, 0.15) is 55.3 Å². The molecule has 136 valence electrons. The number of rotatable bonds is 6. The van der Waals surface area contributed by atoms with E-state index in [1.807, 2.05) is 35.0 Å². The summed E-state index contributed by atoms with van der Waals surface area (Å²) >= 11 is 0. The van der Waals surface area contributed by atoms with Crippen molar-refractivity contribution in [1.82, 2.24) is 20.2 Å². The number of aromatic nitrogens is 4. The molecule has 1 atom stereocenters. The van der Waals surface area contributed by atoms with Crippen LogP contribution in [0.5, 0.6) is 0 Å². The summed E-state index contributed by atoms with van der Waals surface area (Å²) in [5, 5.41) is 12.5. The Bertz CT molecular complexity index is 808. The average Bonchev–Trinajstić information content (AvgIpc) is 3.35. The van der Waals surface area contributed by atoms with E-state index in [1.165, 1.54) is 24.8 Å². The zero-order chi connectivity index (χ0) is 17.8. The maximum Gasteiger partial charge on any atom is 0.153 e. The Kier molecular flexibility index (Phi) is 4.84. The third kappa shape index (κ3) is 3.55. The number of tetrazole rings is 1. The van der Waals surface area contributed by atoms with Gasteiger partial charge in [0.25, 0.3) is 0 Å². The summed E-state index contributed by atoms with van der Waals surface area (Å²) in [6.07, 6.45) is 8.92. The molecule has 0 bridgehead atoms. The molecular formula is C20H25N5O. The molecule has 2 aromatic heterocycles. The largest absolute Gasteiger partial charge is 0.467 e.